The third-order valence-corrected chi connectivity index (χ3v) is 3.13. The summed E-state index contributed by atoms with van der Waals surface area (Å²) in [6.07, 6.45) is 0.513. The van der Waals surface area contributed by atoms with Gasteiger partial charge in [0.2, 0.25) is 0 Å². The maximum atomic E-state index is 8.86. The van der Waals surface area contributed by atoms with Gasteiger partial charge >= 0.3 is 0 Å². The van der Waals surface area contributed by atoms with E-state index in [0.29, 0.717) is 6.42 Å². The highest BCUT2D eigenvalue weighted by molar-refractivity contribution is 9.11. The van der Waals surface area contributed by atoms with Crippen molar-refractivity contribution in [2.45, 2.75) is 12.5 Å². The third-order valence-electron chi connectivity index (χ3n) is 2.08. The second-order valence-electron chi connectivity index (χ2n) is 3.13. The first-order chi connectivity index (χ1) is 7.10. The van der Waals surface area contributed by atoms with Crippen LogP contribution in [-0.4, -0.2) is 18.8 Å². The van der Waals surface area contributed by atoms with Gasteiger partial charge < -0.3 is 15.6 Å². The third kappa shape index (κ3) is 3.89. The van der Waals surface area contributed by atoms with Crippen molar-refractivity contribution in [2.75, 3.05) is 13.7 Å². The number of aliphatic hydroxyl groups excluding tert-OH is 1. The molecule has 0 radical (unpaired) electrons. The molecule has 0 spiro atoms. The molecule has 0 bridgehead atoms. The lowest BCUT2D eigenvalue weighted by Crippen LogP contribution is -2.13. The highest BCUT2D eigenvalue weighted by Crippen LogP contribution is 2.36. The van der Waals surface area contributed by atoms with Gasteiger partial charge in [0, 0.05) is 22.7 Å². The van der Waals surface area contributed by atoms with Crippen molar-refractivity contribution in [3.63, 3.8) is 0 Å². The van der Waals surface area contributed by atoms with E-state index in [1.54, 1.807) is 7.11 Å². The van der Waals surface area contributed by atoms with Gasteiger partial charge in [0.25, 0.3) is 0 Å². The Labute approximate surface area is 118 Å². The average molecular weight is 375 g/mol. The van der Waals surface area contributed by atoms with Gasteiger partial charge in [-0.25, -0.2) is 0 Å². The molecule has 6 heteroatoms. The second kappa shape index (κ2) is 7.50. The molecule has 1 atom stereocenters. The van der Waals surface area contributed by atoms with Crippen LogP contribution in [0.3, 0.4) is 0 Å². The number of halogens is 3. The lowest BCUT2D eigenvalue weighted by atomic mass is 10.0. The molecular formula is C10H14Br2ClNO2. The molecule has 0 aliphatic heterocycles. The molecule has 0 aromatic heterocycles. The van der Waals surface area contributed by atoms with E-state index in [1.807, 2.05) is 12.1 Å². The average Bonchev–Trinajstić information content (AvgIpc) is 2.17. The van der Waals surface area contributed by atoms with Gasteiger partial charge in [-0.1, -0.05) is 15.9 Å². The molecule has 3 N–H and O–H groups in total. The zero-order valence-electron chi connectivity index (χ0n) is 8.74. The lowest BCUT2D eigenvalue weighted by molar-refractivity contribution is 0.275. The zero-order valence-corrected chi connectivity index (χ0v) is 12.7. The van der Waals surface area contributed by atoms with E-state index in [4.69, 9.17) is 15.6 Å². The zero-order chi connectivity index (χ0) is 11.4. The molecule has 1 rings (SSSR count). The van der Waals surface area contributed by atoms with Crippen LogP contribution in [-0.2, 0) is 0 Å². The summed E-state index contributed by atoms with van der Waals surface area (Å²) in [5.41, 5.74) is 6.82. The summed E-state index contributed by atoms with van der Waals surface area (Å²) < 4.78 is 7.05. The number of hydrogen-bond donors (Lipinski definition) is 2. The molecule has 1 aromatic rings. The number of benzene rings is 1. The first kappa shape index (κ1) is 16.2. The van der Waals surface area contributed by atoms with Crippen LogP contribution in [0.4, 0.5) is 0 Å². The predicted molar refractivity (Wildman–Crippen MR) is 74.3 cm³/mol. The normalized spacial score (nSPS) is 11.8. The largest absolute Gasteiger partial charge is 0.495 e. The fourth-order valence-electron chi connectivity index (χ4n) is 1.37. The van der Waals surface area contributed by atoms with Gasteiger partial charge in [0.1, 0.15) is 5.75 Å². The molecule has 0 aliphatic rings. The molecule has 0 saturated carbocycles. The summed E-state index contributed by atoms with van der Waals surface area (Å²) in [5, 5.41) is 8.86. The Morgan fingerprint density at radius 2 is 2.06 bits per heavy atom. The van der Waals surface area contributed by atoms with Gasteiger partial charge in [-0.15, -0.1) is 12.4 Å². The van der Waals surface area contributed by atoms with E-state index in [2.05, 4.69) is 31.9 Å². The summed E-state index contributed by atoms with van der Waals surface area (Å²) >= 11 is 6.80. The van der Waals surface area contributed by atoms with Crippen LogP contribution in [0.15, 0.2) is 21.1 Å². The van der Waals surface area contributed by atoms with Crippen molar-refractivity contribution in [3.05, 3.63) is 26.6 Å². The molecule has 0 aliphatic carbocycles. The highest BCUT2D eigenvalue weighted by atomic mass is 79.9. The van der Waals surface area contributed by atoms with Crippen molar-refractivity contribution in [1.82, 2.24) is 0 Å². The van der Waals surface area contributed by atoms with Gasteiger partial charge in [-0.05, 0) is 34.5 Å². The summed E-state index contributed by atoms with van der Waals surface area (Å²) in [4.78, 5) is 0. The van der Waals surface area contributed by atoms with E-state index in [0.717, 1.165) is 20.3 Å². The maximum Gasteiger partial charge on any atom is 0.137 e. The molecule has 0 fully saturated rings. The smallest absolute Gasteiger partial charge is 0.137 e. The monoisotopic (exact) mass is 373 g/mol. The van der Waals surface area contributed by atoms with Crippen molar-refractivity contribution in [3.8, 4) is 5.75 Å². The summed E-state index contributed by atoms with van der Waals surface area (Å²) in [6, 6.07) is 3.58. The fourth-order valence-corrected chi connectivity index (χ4v) is 2.79. The predicted octanol–water partition coefficient (Wildman–Crippen LogP) is 3.02. The number of ether oxygens (including phenoxy) is 1. The lowest BCUT2D eigenvalue weighted by Gasteiger charge is -2.16. The minimum atomic E-state index is -0.223. The van der Waals surface area contributed by atoms with Crippen LogP contribution in [0.1, 0.15) is 18.0 Å². The topological polar surface area (TPSA) is 55.5 Å². The molecule has 1 aromatic carbocycles. The van der Waals surface area contributed by atoms with Crippen LogP contribution >= 0.6 is 44.3 Å². The van der Waals surface area contributed by atoms with Crippen LogP contribution in [0.5, 0.6) is 5.75 Å². The van der Waals surface area contributed by atoms with E-state index in [1.165, 1.54) is 0 Å². The van der Waals surface area contributed by atoms with Crippen LogP contribution in [0, 0.1) is 0 Å². The van der Waals surface area contributed by atoms with Gasteiger partial charge in [-0.2, -0.15) is 0 Å². The standard InChI is InChI=1S/C10H13Br2NO2.ClH/c1-15-10-7(9(13)2-3-14)4-6(11)5-8(10)12;/h4-5,9,14H,2-3,13H2,1H3;1H. The van der Waals surface area contributed by atoms with Gasteiger partial charge in [-0.3, -0.25) is 0 Å². The van der Waals surface area contributed by atoms with E-state index >= 15 is 0 Å². The number of aliphatic hydroxyl groups is 1. The first-order valence-electron chi connectivity index (χ1n) is 4.49. The van der Waals surface area contributed by atoms with E-state index in [9.17, 15) is 0 Å². The van der Waals surface area contributed by atoms with E-state index < -0.39 is 0 Å². The Morgan fingerprint density at radius 3 is 2.56 bits per heavy atom. The molecule has 92 valence electrons. The highest BCUT2D eigenvalue weighted by Gasteiger charge is 2.15. The number of nitrogens with two attached hydrogens (primary N) is 1. The Kier molecular flexibility index (Phi) is 7.59. The Bertz CT molecular complexity index is 350. The number of methoxy groups -OCH3 is 1. The minimum absolute atomic E-state index is 0. The maximum absolute atomic E-state index is 8.86. The number of hydrogen-bond acceptors (Lipinski definition) is 3. The van der Waals surface area contributed by atoms with Crippen LogP contribution < -0.4 is 10.5 Å². The minimum Gasteiger partial charge on any atom is -0.495 e. The Balaban J connectivity index is 0.00000225. The van der Waals surface area contributed by atoms with Crippen molar-refractivity contribution in [2.24, 2.45) is 5.73 Å². The number of rotatable bonds is 4. The van der Waals surface area contributed by atoms with Gasteiger partial charge in [0.05, 0.1) is 11.6 Å². The molecule has 0 heterocycles. The second-order valence-corrected chi connectivity index (χ2v) is 4.90. The molecular weight excluding hydrogens is 361 g/mol. The summed E-state index contributed by atoms with van der Waals surface area (Å²) in [6.45, 7) is 0.0639. The molecule has 0 saturated heterocycles. The van der Waals surface area contributed by atoms with Crippen molar-refractivity contribution >= 4 is 44.3 Å². The van der Waals surface area contributed by atoms with Crippen LogP contribution in [0.25, 0.3) is 0 Å². The quantitative estimate of drug-likeness (QED) is 0.851. The molecule has 1 unspecified atom stereocenters. The SMILES string of the molecule is COc1c(Br)cc(Br)cc1C(N)CCO.Cl. The fraction of sp³-hybridized carbons (Fsp3) is 0.400. The van der Waals surface area contributed by atoms with Crippen LogP contribution in [0.2, 0.25) is 0 Å². The molecule has 0 amide bonds. The Hall–Kier alpha value is 0.190. The summed E-state index contributed by atoms with van der Waals surface area (Å²) in [7, 11) is 1.60. The Morgan fingerprint density at radius 1 is 1.44 bits per heavy atom. The van der Waals surface area contributed by atoms with Gasteiger partial charge in [0.15, 0.2) is 0 Å². The first-order valence-corrected chi connectivity index (χ1v) is 6.08. The van der Waals surface area contributed by atoms with Crippen molar-refractivity contribution < 1.29 is 9.84 Å². The summed E-state index contributed by atoms with van der Waals surface area (Å²) in [5.74, 6) is 0.721. The van der Waals surface area contributed by atoms with E-state index in [-0.39, 0.29) is 25.1 Å². The van der Waals surface area contributed by atoms with Crippen molar-refractivity contribution in [1.29, 1.82) is 0 Å². The molecule has 3 nitrogen and oxygen atoms in total. The molecule has 16 heavy (non-hydrogen) atoms.